The number of alkyl halides is 4. The number of rotatable bonds is 4. The number of halogens is 6. The fraction of sp³-hybridized carbons (Fsp3) is 0.250. The molecular weight excluding hydrogens is 403 g/mol. The van der Waals surface area contributed by atoms with Crippen molar-refractivity contribution in [2.24, 2.45) is 0 Å². The van der Waals surface area contributed by atoms with E-state index in [0.717, 1.165) is 24.3 Å². The molecule has 10 heteroatoms. The molecule has 0 unspecified atom stereocenters. The van der Waals surface area contributed by atoms with Crippen molar-refractivity contribution >= 4 is 21.4 Å². The van der Waals surface area contributed by atoms with Crippen molar-refractivity contribution in [2.75, 3.05) is 0 Å². The van der Waals surface area contributed by atoms with Gasteiger partial charge < -0.3 is 4.74 Å². The Morgan fingerprint density at radius 1 is 1.08 bits per heavy atom. The van der Waals surface area contributed by atoms with E-state index in [4.69, 9.17) is 16.3 Å². The van der Waals surface area contributed by atoms with Gasteiger partial charge >= 0.3 is 5.76 Å². The summed E-state index contributed by atoms with van der Waals surface area (Å²) < 4.78 is 95.6. The molecule has 0 amide bonds. The van der Waals surface area contributed by atoms with E-state index in [1.807, 2.05) is 0 Å². The predicted octanol–water partition coefficient (Wildman–Crippen LogP) is 5.00. The van der Waals surface area contributed by atoms with Gasteiger partial charge in [0.05, 0.1) is 4.90 Å². The highest BCUT2D eigenvalue weighted by Crippen LogP contribution is 2.44. The molecule has 0 fully saturated rings. The molecule has 0 aromatic heterocycles. The standard InChI is InChI=1S/C16H10ClF5O3S/c17-8-3-9(18)5-10(4-8)25-13-1-2-14(26(23,24)15(19)20)12-7-16(21,22)6-11(12)13/h1-5,15H,6-7H2. The quantitative estimate of drug-likeness (QED) is 0.664. The Hall–Kier alpha value is -1.87. The van der Waals surface area contributed by atoms with Gasteiger partial charge in [0, 0.05) is 29.5 Å². The lowest BCUT2D eigenvalue weighted by Gasteiger charge is -2.14. The van der Waals surface area contributed by atoms with Crippen LogP contribution in [0.25, 0.3) is 0 Å². The molecule has 2 aromatic rings. The smallest absolute Gasteiger partial charge is 0.341 e. The van der Waals surface area contributed by atoms with Crippen LogP contribution in [0.5, 0.6) is 11.5 Å². The van der Waals surface area contributed by atoms with Crippen LogP contribution in [0, 0.1) is 5.82 Å². The Balaban J connectivity index is 2.11. The second kappa shape index (κ2) is 6.38. The maximum atomic E-state index is 13.8. The predicted molar refractivity (Wildman–Crippen MR) is 83.5 cm³/mol. The second-order valence-corrected chi connectivity index (χ2v) is 8.06. The van der Waals surface area contributed by atoms with Gasteiger partial charge in [-0.3, -0.25) is 0 Å². The number of hydrogen-bond acceptors (Lipinski definition) is 3. The first-order chi connectivity index (χ1) is 12.0. The molecule has 0 N–H and O–H groups in total. The fourth-order valence-corrected chi connectivity index (χ4v) is 3.99. The van der Waals surface area contributed by atoms with Crippen molar-refractivity contribution in [2.45, 2.75) is 29.4 Å². The molecule has 3 rings (SSSR count). The van der Waals surface area contributed by atoms with Crippen molar-refractivity contribution in [1.82, 2.24) is 0 Å². The van der Waals surface area contributed by atoms with E-state index >= 15 is 0 Å². The Morgan fingerprint density at radius 2 is 1.73 bits per heavy atom. The molecule has 0 bridgehead atoms. The summed E-state index contributed by atoms with van der Waals surface area (Å²) in [7, 11) is -5.06. The summed E-state index contributed by atoms with van der Waals surface area (Å²) in [6.45, 7) is 0. The lowest BCUT2D eigenvalue weighted by Crippen LogP contribution is -2.17. The number of ether oxygens (including phenoxy) is 1. The van der Waals surface area contributed by atoms with Gasteiger partial charge in [-0.2, -0.15) is 8.78 Å². The third kappa shape index (κ3) is 3.50. The van der Waals surface area contributed by atoms with Crippen LogP contribution in [0.2, 0.25) is 5.02 Å². The minimum atomic E-state index is -5.06. The highest BCUT2D eigenvalue weighted by atomic mass is 35.5. The molecule has 26 heavy (non-hydrogen) atoms. The van der Waals surface area contributed by atoms with Crippen LogP contribution in [0.15, 0.2) is 35.2 Å². The molecule has 3 nitrogen and oxygen atoms in total. The zero-order valence-corrected chi connectivity index (χ0v) is 14.4. The molecule has 140 valence electrons. The molecule has 0 aliphatic heterocycles. The highest BCUT2D eigenvalue weighted by molar-refractivity contribution is 7.91. The molecule has 0 heterocycles. The van der Waals surface area contributed by atoms with E-state index in [1.54, 1.807) is 0 Å². The monoisotopic (exact) mass is 412 g/mol. The van der Waals surface area contributed by atoms with Gasteiger partial charge in [0.1, 0.15) is 17.3 Å². The molecule has 1 aliphatic carbocycles. The van der Waals surface area contributed by atoms with Gasteiger partial charge in [-0.05, 0) is 29.8 Å². The largest absolute Gasteiger partial charge is 0.457 e. The van der Waals surface area contributed by atoms with Crippen molar-refractivity contribution in [3.8, 4) is 11.5 Å². The summed E-state index contributed by atoms with van der Waals surface area (Å²) in [4.78, 5) is -0.857. The van der Waals surface area contributed by atoms with Crippen LogP contribution in [0.1, 0.15) is 11.1 Å². The van der Waals surface area contributed by atoms with E-state index in [2.05, 4.69) is 0 Å². The molecular formula is C16H10ClF5O3S. The van der Waals surface area contributed by atoms with Crippen LogP contribution in [-0.4, -0.2) is 20.1 Å². The normalized spacial score (nSPS) is 16.0. The lowest BCUT2D eigenvalue weighted by atomic mass is 10.1. The average Bonchev–Trinajstić information content (AvgIpc) is 2.81. The Kier molecular flexibility index (Phi) is 4.64. The molecule has 2 aromatic carbocycles. The Morgan fingerprint density at radius 3 is 2.35 bits per heavy atom. The van der Waals surface area contributed by atoms with E-state index in [1.165, 1.54) is 6.07 Å². The van der Waals surface area contributed by atoms with Crippen molar-refractivity contribution in [3.05, 3.63) is 52.3 Å². The summed E-state index contributed by atoms with van der Waals surface area (Å²) in [6, 6.07) is 4.97. The molecule has 0 radical (unpaired) electrons. The van der Waals surface area contributed by atoms with Gasteiger partial charge in [0.2, 0.25) is 9.84 Å². The summed E-state index contributed by atoms with van der Waals surface area (Å²) in [5, 5.41) is -0.00104. The van der Waals surface area contributed by atoms with Crippen molar-refractivity contribution < 1.29 is 35.1 Å². The van der Waals surface area contributed by atoms with E-state index in [9.17, 15) is 30.4 Å². The van der Waals surface area contributed by atoms with Crippen LogP contribution < -0.4 is 4.74 Å². The summed E-state index contributed by atoms with van der Waals surface area (Å²) >= 11 is 5.70. The fourth-order valence-electron chi connectivity index (χ4n) is 2.79. The third-order valence-electron chi connectivity index (χ3n) is 3.82. The maximum Gasteiger partial charge on any atom is 0.341 e. The molecule has 0 saturated carbocycles. The molecule has 0 spiro atoms. The van der Waals surface area contributed by atoms with Crippen LogP contribution >= 0.6 is 11.6 Å². The highest BCUT2D eigenvalue weighted by Gasteiger charge is 2.43. The third-order valence-corrected chi connectivity index (χ3v) is 5.50. The zero-order valence-electron chi connectivity index (χ0n) is 12.8. The van der Waals surface area contributed by atoms with E-state index < -0.39 is 50.6 Å². The topological polar surface area (TPSA) is 43.4 Å². The summed E-state index contributed by atoms with van der Waals surface area (Å²) in [6.07, 6.45) is -1.89. The van der Waals surface area contributed by atoms with Gasteiger partial charge in [0.15, 0.2) is 0 Å². The average molecular weight is 413 g/mol. The minimum absolute atomic E-state index is 0.00104. The lowest BCUT2D eigenvalue weighted by molar-refractivity contribution is 0.0125. The van der Waals surface area contributed by atoms with Crippen LogP contribution in [0.3, 0.4) is 0 Å². The number of fused-ring (bicyclic) bond motifs is 1. The number of benzene rings is 2. The minimum Gasteiger partial charge on any atom is -0.457 e. The Labute approximate surface area is 150 Å². The van der Waals surface area contributed by atoms with E-state index in [-0.39, 0.29) is 22.1 Å². The number of hydrogen-bond donors (Lipinski definition) is 0. The number of sulfone groups is 1. The first kappa shape index (κ1) is 18.9. The first-order valence-electron chi connectivity index (χ1n) is 7.18. The maximum absolute atomic E-state index is 13.8. The van der Waals surface area contributed by atoms with Gasteiger partial charge in [0.25, 0.3) is 5.92 Å². The van der Waals surface area contributed by atoms with Crippen molar-refractivity contribution in [3.63, 3.8) is 0 Å². The van der Waals surface area contributed by atoms with Gasteiger partial charge in [-0.15, -0.1) is 0 Å². The van der Waals surface area contributed by atoms with Gasteiger partial charge in [-0.1, -0.05) is 11.6 Å². The van der Waals surface area contributed by atoms with Crippen LogP contribution in [0.4, 0.5) is 22.0 Å². The first-order valence-corrected chi connectivity index (χ1v) is 9.11. The molecule has 0 saturated heterocycles. The SMILES string of the molecule is O=S(=O)(c1ccc(Oc2cc(F)cc(Cl)c2)c2c1CC(F)(F)C2)C(F)F. The second-order valence-electron chi connectivity index (χ2n) is 5.74. The summed E-state index contributed by atoms with van der Waals surface area (Å²) in [5.41, 5.74) is -0.632. The summed E-state index contributed by atoms with van der Waals surface area (Å²) in [5.74, 6) is -8.06. The van der Waals surface area contributed by atoms with Crippen LogP contribution in [-0.2, 0) is 22.7 Å². The molecule has 0 atom stereocenters. The van der Waals surface area contributed by atoms with E-state index in [0.29, 0.717) is 0 Å². The van der Waals surface area contributed by atoms with Crippen molar-refractivity contribution in [1.29, 1.82) is 0 Å². The van der Waals surface area contributed by atoms with Gasteiger partial charge in [-0.25, -0.2) is 21.6 Å². The molecule has 1 aliphatic rings. The Bertz CT molecular complexity index is 956. The zero-order chi connectivity index (χ0) is 19.3.